The van der Waals surface area contributed by atoms with Crippen molar-refractivity contribution in [1.82, 2.24) is 0 Å². The van der Waals surface area contributed by atoms with Crippen LogP contribution in [0.3, 0.4) is 0 Å². The molecule has 0 aromatic heterocycles. The van der Waals surface area contributed by atoms with Gasteiger partial charge in [0.15, 0.2) is 0 Å². The van der Waals surface area contributed by atoms with Crippen LogP contribution >= 0.6 is 11.6 Å². The number of para-hydroxylation sites is 1. The summed E-state index contributed by atoms with van der Waals surface area (Å²) >= 11 is 6.24. The molecule has 1 saturated carbocycles. The Labute approximate surface area is 107 Å². The van der Waals surface area contributed by atoms with E-state index >= 15 is 0 Å². The van der Waals surface area contributed by atoms with Gasteiger partial charge in [-0.2, -0.15) is 0 Å². The molecule has 0 radical (unpaired) electrons. The first-order valence-electron chi connectivity index (χ1n) is 6.15. The van der Waals surface area contributed by atoms with Crippen molar-refractivity contribution in [3.8, 4) is 0 Å². The monoisotopic (exact) mass is 254 g/mol. The summed E-state index contributed by atoms with van der Waals surface area (Å²) in [5, 5.41) is 9.89. The molecule has 2 rings (SSSR count). The summed E-state index contributed by atoms with van der Waals surface area (Å²) in [4.78, 5) is 2.17. The molecule has 1 fully saturated rings. The standard InChI is InChI=1S/C13H19ClN2O/c14-11-6-3-7-12(15)13(11)16(8-9-17)10-4-1-2-5-10/h3,6-7,10,17H,1-2,4-5,8-9,15H2. The molecular formula is C13H19ClN2O. The first kappa shape index (κ1) is 12.5. The van der Waals surface area contributed by atoms with Crippen LogP contribution in [-0.4, -0.2) is 24.3 Å². The molecule has 0 bridgehead atoms. The molecule has 4 heteroatoms. The van der Waals surface area contributed by atoms with Crippen LogP contribution in [0, 0.1) is 0 Å². The molecule has 3 nitrogen and oxygen atoms in total. The number of nitrogens with two attached hydrogens (primary N) is 1. The number of nitrogen functional groups attached to an aromatic ring is 1. The Morgan fingerprint density at radius 3 is 2.65 bits per heavy atom. The van der Waals surface area contributed by atoms with Crippen molar-refractivity contribution < 1.29 is 5.11 Å². The highest BCUT2D eigenvalue weighted by Gasteiger charge is 2.25. The van der Waals surface area contributed by atoms with Gasteiger partial charge in [0.25, 0.3) is 0 Å². The lowest BCUT2D eigenvalue weighted by atomic mass is 10.1. The number of halogens is 1. The average Bonchev–Trinajstić information content (AvgIpc) is 2.80. The van der Waals surface area contributed by atoms with Crippen molar-refractivity contribution in [2.75, 3.05) is 23.8 Å². The predicted octanol–water partition coefficient (Wildman–Crippen LogP) is 2.66. The summed E-state index contributed by atoms with van der Waals surface area (Å²) in [6.45, 7) is 0.722. The zero-order chi connectivity index (χ0) is 12.3. The van der Waals surface area contributed by atoms with E-state index in [1.807, 2.05) is 18.2 Å². The van der Waals surface area contributed by atoms with E-state index in [-0.39, 0.29) is 6.61 Å². The molecule has 3 N–H and O–H groups in total. The van der Waals surface area contributed by atoms with Gasteiger partial charge in [-0.25, -0.2) is 0 Å². The minimum Gasteiger partial charge on any atom is -0.397 e. The quantitative estimate of drug-likeness (QED) is 0.813. The first-order valence-corrected chi connectivity index (χ1v) is 6.53. The van der Waals surface area contributed by atoms with E-state index in [1.54, 1.807) is 0 Å². The van der Waals surface area contributed by atoms with E-state index in [9.17, 15) is 5.11 Å². The van der Waals surface area contributed by atoms with Crippen LogP contribution in [0.1, 0.15) is 25.7 Å². The van der Waals surface area contributed by atoms with Gasteiger partial charge in [-0.15, -0.1) is 0 Å². The average molecular weight is 255 g/mol. The maximum absolute atomic E-state index is 9.21. The maximum Gasteiger partial charge on any atom is 0.0792 e. The highest BCUT2D eigenvalue weighted by molar-refractivity contribution is 6.34. The van der Waals surface area contributed by atoms with Gasteiger partial charge in [0.05, 0.1) is 23.0 Å². The zero-order valence-corrected chi connectivity index (χ0v) is 10.7. The van der Waals surface area contributed by atoms with Crippen molar-refractivity contribution in [2.24, 2.45) is 0 Å². The summed E-state index contributed by atoms with van der Waals surface area (Å²) < 4.78 is 0. The second-order valence-corrected chi connectivity index (χ2v) is 4.94. The SMILES string of the molecule is Nc1cccc(Cl)c1N(CCO)C1CCCC1. The predicted molar refractivity (Wildman–Crippen MR) is 72.6 cm³/mol. The molecule has 0 heterocycles. The third-order valence-electron chi connectivity index (χ3n) is 3.41. The van der Waals surface area contributed by atoms with Crippen molar-refractivity contribution in [3.63, 3.8) is 0 Å². The largest absolute Gasteiger partial charge is 0.397 e. The van der Waals surface area contributed by atoms with Gasteiger partial charge in [-0.05, 0) is 25.0 Å². The number of hydrogen-bond acceptors (Lipinski definition) is 3. The molecule has 0 unspecified atom stereocenters. The van der Waals surface area contributed by atoms with Gasteiger partial charge in [0.1, 0.15) is 0 Å². The highest BCUT2D eigenvalue weighted by atomic mass is 35.5. The van der Waals surface area contributed by atoms with Gasteiger partial charge < -0.3 is 15.7 Å². The van der Waals surface area contributed by atoms with Crippen molar-refractivity contribution >= 4 is 23.0 Å². The van der Waals surface area contributed by atoms with Gasteiger partial charge in [-0.1, -0.05) is 30.5 Å². The third kappa shape index (κ3) is 2.67. The van der Waals surface area contributed by atoms with E-state index in [0.29, 0.717) is 23.3 Å². The summed E-state index contributed by atoms with van der Waals surface area (Å²) in [7, 11) is 0. The molecule has 0 atom stereocenters. The molecule has 1 aliphatic rings. The molecule has 1 aromatic carbocycles. The second kappa shape index (κ2) is 5.61. The number of nitrogens with zero attached hydrogens (tertiary/aromatic N) is 1. The molecule has 17 heavy (non-hydrogen) atoms. The summed E-state index contributed by atoms with van der Waals surface area (Å²) in [6, 6.07) is 6.03. The minimum absolute atomic E-state index is 0.126. The Morgan fingerprint density at radius 1 is 1.35 bits per heavy atom. The van der Waals surface area contributed by atoms with E-state index in [4.69, 9.17) is 17.3 Å². The molecule has 0 amide bonds. The van der Waals surface area contributed by atoms with Crippen molar-refractivity contribution in [3.05, 3.63) is 23.2 Å². The van der Waals surface area contributed by atoms with Crippen molar-refractivity contribution in [1.29, 1.82) is 0 Å². The van der Waals surface area contributed by atoms with E-state index in [1.165, 1.54) is 12.8 Å². The smallest absolute Gasteiger partial charge is 0.0792 e. The Bertz CT molecular complexity index is 357. The van der Waals surface area contributed by atoms with Gasteiger partial charge >= 0.3 is 0 Å². The van der Waals surface area contributed by atoms with Crippen LogP contribution in [0.4, 0.5) is 11.4 Å². The van der Waals surface area contributed by atoms with Gasteiger partial charge in [0.2, 0.25) is 0 Å². The molecule has 0 spiro atoms. The lowest BCUT2D eigenvalue weighted by Gasteiger charge is -2.32. The van der Waals surface area contributed by atoms with Crippen molar-refractivity contribution in [2.45, 2.75) is 31.7 Å². The lowest BCUT2D eigenvalue weighted by molar-refractivity contribution is 0.297. The van der Waals surface area contributed by atoms with E-state index < -0.39 is 0 Å². The lowest BCUT2D eigenvalue weighted by Crippen LogP contribution is -2.36. The summed E-state index contributed by atoms with van der Waals surface area (Å²) in [5.74, 6) is 0. The van der Waals surface area contributed by atoms with Crippen LogP contribution in [0.5, 0.6) is 0 Å². The summed E-state index contributed by atoms with van der Waals surface area (Å²) in [5.41, 5.74) is 7.59. The number of hydrogen-bond donors (Lipinski definition) is 2. The van der Waals surface area contributed by atoms with Crippen LogP contribution in [0.2, 0.25) is 5.02 Å². The molecular weight excluding hydrogens is 236 g/mol. The Hall–Kier alpha value is -0.930. The topological polar surface area (TPSA) is 49.5 Å². The molecule has 1 aliphatic carbocycles. The Kier molecular flexibility index (Phi) is 4.13. The van der Waals surface area contributed by atoms with Crippen LogP contribution in [-0.2, 0) is 0 Å². The Balaban J connectivity index is 2.31. The number of anilines is 2. The zero-order valence-electron chi connectivity index (χ0n) is 9.90. The number of benzene rings is 1. The molecule has 0 saturated heterocycles. The van der Waals surface area contributed by atoms with Crippen LogP contribution < -0.4 is 10.6 Å². The van der Waals surface area contributed by atoms with Gasteiger partial charge in [-0.3, -0.25) is 0 Å². The number of rotatable bonds is 4. The molecule has 1 aromatic rings. The number of aliphatic hydroxyl groups is 1. The molecule has 94 valence electrons. The normalized spacial score (nSPS) is 16.4. The maximum atomic E-state index is 9.21. The Morgan fingerprint density at radius 2 is 2.06 bits per heavy atom. The fourth-order valence-electron chi connectivity index (χ4n) is 2.64. The van der Waals surface area contributed by atoms with E-state index in [2.05, 4.69) is 4.90 Å². The van der Waals surface area contributed by atoms with Crippen LogP contribution in [0.15, 0.2) is 18.2 Å². The fraction of sp³-hybridized carbons (Fsp3) is 0.538. The van der Waals surface area contributed by atoms with Crippen LogP contribution in [0.25, 0.3) is 0 Å². The third-order valence-corrected chi connectivity index (χ3v) is 3.72. The van der Waals surface area contributed by atoms with E-state index in [0.717, 1.165) is 18.5 Å². The molecule has 0 aliphatic heterocycles. The number of aliphatic hydroxyl groups excluding tert-OH is 1. The minimum atomic E-state index is 0.126. The fourth-order valence-corrected chi connectivity index (χ4v) is 2.93. The first-order chi connectivity index (χ1) is 8.24. The second-order valence-electron chi connectivity index (χ2n) is 4.53. The highest BCUT2D eigenvalue weighted by Crippen LogP contribution is 2.36. The summed E-state index contributed by atoms with van der Waals surface area (Å²) in [6.07, 6.45) is 4.81. The van der Waals surface area contributed by atoms with Gasteiger partial charge in [0, 0.05) is 12.6 Å².